The molecule has 2 saturated heterocycles. The van der Waals surface area contributed by atoms with Crippen molar-refractivity contribution in [2.24, 2.45) is 0 Å². The van der Waals surface area contributed by atoms with E-state index in [1.54, 1.807) is 24.3 Å². The second kappa shape index (κ2) is 13.1. The minimum absolute atomic E-state index is 0.0189. The molecule has 250 valence electrons. The molecule has 3 aromatic carbocycles. The van der Waals surface area contributed by atoms with Gasteiger partial charge >= 0.3 is 0 Å². The van der Waals surface area contributed by atoms with Crippen LogP contribution < -0.4 is 10.4 Å². The summed E-state index contributed by atoms with van der Waals surface area (Å²) in [5.74, 6) is 0. The van der Waals surface area contributed by atoms with Crippen molar-refractivity contribution in [3.05, 3.63) is 91.0 Å². The summed E-state index contributed by atoms with van der Waals surface area (Å²) in [6, 6.07) is 29.5. The summed E-state index contributed by atoms with van der Waals surface area (Å²) in [5.41, 5.74) is 0. The zero-order chi connectivity index (χ0) is 33.4. The fourth-order valence-electron chi connectivity index (χ4n) is 6.63. The molecular formula is C37H52O6SSi2. The lowest BCUT2D eigenvalue weighted by Crippen LogP contribution is -2.67. The molecule has 0 radical (unpaired) electrons. The lowest BCUT2D eigenvalue weighted by Gasteiger charge is -2.43. The first-order valence-corrected chi connectivity index (χ1v) is 22.9. The van der Waals surface area contributed by atoms with Crippen molar-refractivity contribution in [3.63, 3.8) is 0 Å². The van der Waals surface area contributed by atoms with E-state index in [4.69, 9.17) is 18.3 Å². The Hall–Kier alpha value is -2.12. The lowest BCUT2D eigenvalue weighted by atomic mass is 10.0. The molecule has 2 aliphatic rings. The van der Waals surface area contributed by atoms with Gasteiger partial charge in [0, 0.05) is 13.0 Å². The molecule has 5 rings (SSSR count). The lowest BCUT2D eigenvalue weighted by molar-refractivity contribution is -0.0752. The standard InChI is InChI=1S/C37H52O6SSi2/c1-35(2,3)45(7,8)43-32-25-18-26-40-33(32)27-37(44(38,39)29-19-12-9-13-20-29)34(42-37)28-41-46(36(4,5)6,30-21-14-10-15-22-30)31-23-16-11-17-24-31/h9-17,19-24,32-34H,18,25-28H2,1-8H3/t32-,33+,34-,37+/m0/s1. The molecule has 9 heteroatoms. The fourth-order valence-corrected chi connectivity index (χ4v) is 14.5. The van der Waals surface area contributed by atoms with E-state index in [0.29, 0.717) is 6.61 Å². The van der Waals surface area contributed by atoms with E-state index in [1.807, 2.05) is 18.2 Å². The van der Waals surface area contributed by atoms with E-state index >= 15 is 0 Å². The Labute approximate surface area is 279 Å². The van der Waals surface area contributed by atoms with Gasteiger partial charge in [0.1, 0.15) is 6.10 Å². The highest BCUT2D eigenvalue weighted by Gasteiger charge is 2.68. The van der Waals surface area contributed by atoms with Gasteiger partial charge in [-0.1, -0.05) is 120 Å². The Morgan fingerprint density at radius 3 is 1.83 bits per heavy atom. The van der Waals surface area contributed by atoms with Gasteiger partial charge < -0.3 is 18.3 Å². The number of hydrogen-bond acceptors (Lipinski definition) is 6. The van der Waals surface area contributed by atoms with E-state index in [1.165, 1.54) is 0 Å². The number of epoxide rings is 1. The molecule has 0 saturated carbocycles. The van der Waals surface area contributed by atoms with Crippen LogP contribution in [0.15, 0.2) is 95.9 Å². The van der Waals surface area contributed by atoms with Crippen molar-refractivity contribution >= 4 is 36.8 Å². The van der Waals surface area contributed by atoms with E-state index in [9.17, 15) is 8.42 Å². The molecule has 4 atom stereocenters. The molecule has 0 N–H and O–H groups in total. The highest BCUT2D eigenvalue weighted by atomic mass is 32.2. The molecule has 0 spiro atoms. The van der Waals surface area contributed by atoms with Crippen LogP contribution in [0.2, 0.25) is 23.2 Å². The monoisotopic (exact) mass is 680 g/mol. The van der Waals surface area contributed by atoms with Crippen LogP contribution >= 0.6 is 0 Å². The third-order valence-corrected chi connectivity index (χ3v) is 22.1. The van der Waals surface area contributed by atoms with Crippen molar-refractivity contribution in [1.82, 2.24) is 0 Å². The molecule has 0 amide bonds. The Kier molecular flexibility index (Phi) is 10.00. The number of benzene rings is 3. The molecular weight excluding hydrogens is 629 g/mol. The molecule has 0 aliphatic carbocycles. The van der Waals surface area contributed by atoms with Crippen LogP contribution in [0.4, 0.5) is 0 Å². The molecule has 0 aromatic heterocycles. The summed E-state index contributed by atoms with van der Waals surface area (Å²) in [7, 11) is -8.97. The predicted molar refractivity (Wildman–Crippen MR) is 190 cm³/mol. The summed E-state index contributed by atoms with van der Waals surface area (Å²) < 4.78 is 56.0. The second-order valence-electron chi connectivity index (χ2n) is 15.4. The normalized spacial score (nSPS) is 24.5. The van der Waals surface area contributed by atoms with Gasteiger partial charge in [0.25, 0.3) is 8.32 Å². The van der Waals surface area contributed by atoms with E-state index in [-0.39, 0.29) is 34.1 Å². The van der Waals surface area contributed by atoms with Crippen LogP contribution in [-0.4, -0.2) is 61.5 Å². The van der Waals surface area contributed by atoms with Gasteiger partial charge in [0.05, 0.1) is 23.7 Å². The van der Waals surface area contributed by atoms with Crippen LogP contribution in [0.1, 0.15) is 60.8 Å². The molecule has 2 fully saturated rings. The van der Waals surface area contributed by atoms with Crippen LogP contribution in [-0.2, 0) is 28.2 Å². The third-order valence-electron chi connectivity index (χ3n) is 10.3. The SMILES string of the molecule is CC(C)(C)[Si](C)(C)O[C@H]1CCCO[C@@H]1C[C@]1(S(=O)(=O)c2ccccc2)O[C@H]1CO[Si](c1ccccc1)(c1ccccc1)C(C)(C)C. The summed E-state index contributed by atoms with van der Waals surface area (Å²) >= 11 is 0. The largest absolute Gasteiger partial charge is 0.411 e. The van der Waals surface area contributed by atoms with E-state index in [2.05, 4.69) is 103 Å². The van der Waals surface area contributed by atoms with Crippen LogP contribution in [0, 0.1) is 0 Å². The highest BCUT2D eigenvalue weighted by Crippen LogP contribution is 2.51. The molecule has 0 unspecified atom stereocenters. The maximum atomic E-state index is 14.6. The summed E-state index contributed by atoms with van der Waals surface area (Å²) in [6.07, 6.45) is 0.660. The van der Waals surface area contributed by atoms with Gasteiger partial charge in [-0.2, -0.15) is 0 Å². The maximum Gasteiger partial charge on any atom is 0.261 e. The molecule has 2 aliphatic heterocycles. The number of rotatable bonds is 11. The van der Waals surface area contributed by atoms with E-state index in [0.717, 1.165) is 23.2 Å². The van der Waals surface area contributed by atoms with Crippen LogP contribution in [0.25, 0.3) is 0 Å². The number of ether oxygens (including phenoxy) is 2. The van der Waals surface area contributed by atoms with Crippen LogP contribution in [0.3, 0.4) is 0 Å². The smallest absolute Gasteiger partial charge is 0.261 e. The zero-order valence-corrected chi connectivity index (χ0v) is 31.6. The minimum Gasteiger partial charge on any atom is -0.411 e. The molecule has 0 bridgehead atoms. The topological polar surface area (TPSA) is 74.4 Å². The van der Waals surface area contributed by atoms with Gasteiger partial charge in [0.15, 0.2) is 8.32 Å². The Bertz CT molecular complexity index is 1510. The van der Waals surface area contributed by atoms with Crippen molar-refractivity contribution in [2.75, 3.05) is 13.2 Å². The molecule has 2 heterocycles. The summed E-state index contributed by atoms with van der Waals surface area (Å²) in [4.78, 5) is -1.22. The maximum absolute atomic E-state index is 14.6. The van der Waals surface area contributed by atoms with Gasteiger partial charge in [0.2, 0.25) is 14.8 Å². The first-order valence-electron chi connectivity index (χ1n) is 16.6. The number of sulfone groups is 1. The van der Waals surface area contributed by atoms with Crippen molar-refractivity contribution in [2.45, 2.75) is 112 Å². The third kappa shape index (κ3) is 6.61. The summed E-state index contributed by atoms with van der Waals surface area (Å²) in [5, 5.41) is 2.05. The minimum atomic E-state index is -3.91. The molecule has 46 heavy (non-hydrogen) atoms. The van der Waals surface area contributed by atoms with Crippen molar-refractivity contribution < 1.29 is 26.7 Å². The Morgan fingerprint density at radius 2 is 1.33 bits per heavy atom. The quantitative estimate of drug-likeness (QED) is 0.159. The van der Waals surface area contributed by atoms with Crippen LogP contribution in [0.5, 0.6) is 0 Å². The zero-order valence-electron chi connectivity index (χ0n) is 28.8. The van der Waals surface area contributed by atoms with Gasteiger partial charge in [-0.3, -0.25) is 0 Å². The Morgan fingerprint density at radius 1 is 0.804 bits per heavy atom. The Balaban J connectivity index is 1.52. The number of hydrogen-bond donors (Lipinski definition) is 0. The van der Waals surface area contributed by atoms with Gasteiger partial charge in [-0.25, -0.2) is 8.42 Å². The molecule has 6 nitrogen and oxygen atoms in total. The van der Waals surface area contributed by atoms with Crippen molar-refractivity contribution in [3.8, 4) is 0 Å². The summed E-state index contributed by atoms with van der Waals surface area (Å²) in [6.45, 7) is 18.5. The van der Waals surface area contributed by atoms with Gasteiger partial charge in [-0.15, -0.1) is 0 Å². The fraction of sp³-hybridized carbons (Fsp3) is 0.514. The first-order chi connectivity index (χ1) is 21.6. The van der Waals surface area contributed by atoms with Gasteiger partial charge in [-0.05, 0) is 58.5 Å². The second-order valence-corrected chi connectivity index (χ2v) is 26.6. The van der Waals surface area contributed by atoms with E-state index < -0.39 is 43.6 Å². The first kappa shape index (κ1) is 35.2. The average molecular weight is 681 g/mol. The molecule has 3 aromatic rings. The average Bonchev–Trinajstić information content (AvgIpc) is 3.73. The van der Waals surface area contributed by atoms with Crippen molar-refractivity contribution in [1.29, 1.82) is 0 Å². The predicted octanol–water partition coefficient (Wildman–Crippen LogP) is 7.09. The highest BCUT2D eigenvalue weighted by molar-refractivity contribution is 7.93.